The number of unbranched alkanes of at least 4 members (excludes halogenated alkanes) is 1. The number of fused-ring (bicyclic) bond motifs is 1. The number of nitrogens with zero attached hydrogens (tertiary/aromatic N) is 2. The molecule has 1 N–H and O–H groups in total. The number of ether oxygens (including phenoxy) is 2. The molecule has 3 rings (SSSR count). The first-order valence-electron chi connectivity index (χ1n) is 10.6. The number of carbonyl (C=O) groups is 1. The van der Waals surface area contributed by atoms with Crippen LogP contribution in [-0.2, 0) is 23.6 Å². The van der Waals surface area contributed by atoms with Gasteiger partial charge in [-0.2, -0.15) is 0 Å². The van der Waals surface area contributed by atoms with Crippen molar-refractivity contribution in [1.29, 1.82) is 0 Å². The fourth-order valence-corrected chi connectivity index (χ4v) is 3.79. The van der Waals surface area contributed by atoms with E-state index in [4.69, 9.17) is 9.47 Å². The summed E-state index contributed by atoms with van der Waals surface area (Å²) < 4.78 is 13.5. The second kappa shape index (κ2) is 9.72. The van der Waals surface area contributed by atoms with Gasteiger partial charge in [0.2, 0.25) is 0 Å². The molecule has 32 heavy (non-hydrogen) atoms. The Labute approximate surface area is 186 Å². The van der Waals surface area contributed by atoms with Gasteiger partial charge in [-0.25, -0.2) is 9.59 Å². The summed E-state index contributed by atoms with van der Waals surface area (Å²) in [5, 5.41) is 3.07. The molecule has 0 spiro atoms. The molecule has 2 heterocycles. The van der Waals surface area contributed by atoms with E-state index in [0.717, 1.165) is 23.0 Å². The molecular formula is C24H29N3O5. The van der Waals surface area contributed by atoms with Crippen molar-refractivity contribution in [2.45, 2.75) is 32.6 Å². The highest BCUT2D eigenvalue weighted by molar-refractivity contribution is 5.94. The van der Waals surface area contributed by atoms with Gasteiger partial charge in [-0.05, 0) is 31.0 Å². The second-order valence-electron chi connectivity index (χ2n) is 7.72. The predicted molar refractivity (Wildman–Crippen MR) is 123 cm³/mol. The van der Waals surface area contributed by atoms with Crippen molar-refractivity contribution in [3.63, 3.8) is 0 Å². The maximum absolute atomic E-state index is 13.2. The molecule has 8 nitrogen and oxygen atoms in total. The highest BCUT2D eigenvalue weighted by atomic mass is 16.5. The zero-order valence-electron chi connectivity index (χ0n) is 18.9. The van der Waals surface area contributed by atoms with Crippen LogP contribution in [0.25, 0.3) is 0 Å². The highest BCUT2D eigenvalue weighted by Crippen LogP contribution is 2.40. The Hall–Kier alpha value is -3.55. The van der Waals surface area contributed by atoms with E-state index in [0.29, 0.717) is 35.0 Å². The minimum atomic E-state index is -0.709. The number of rotatable bonds is 8. The molecule has 0 saturated carbocycles. The van der Waals surface area contributed by atoms with Crippen LogP contribution in [0.1, 0.15) is 43.7 Å². The Bertz CT molecular complexity index is 1170. The zero-order chi connectivity index (χ0) is 23.4. The lowest BCUT2D eigenvalue weighted by atomic mass is 9.82. The number of hydrogen-bond acceptors (Lipinski definition) is 6. The van der Waals surface area contributed by atoms with Gasteiger partial charge in [0.15, 0.2) is 0 Å². The molecule has 1 atom stereocenters. The summed E-state index contributed by atoms with van der Waals surface area (Å²) in [5.41, 5.74) is 0.940. The van der Waals surface area contributed by atoms with Gasteiger partial charge in [0.25, 0.3) is 5.56 Å². The first-order valence-corrected chi connectivity index (χ1v) is 10.6. The van der Waals surface area contributed by atoms with Crippen LogP contribution in [-0.4, -0.2) is 28.3 Å². The van der Waals surface area contributed by atoms with Gasteiger partial charge in [-0.15, -0.1) is 0 Å². The summed E-state index contributed by atoms with van der Waals surface area (Å²) in [4.78, 5) is 38.7. The summed E-state index contributed by atoms with van der Waals surface area (Å²) in [6, 6.07) is 7.31. The van der Waals surface area contributed by atoms with Crippen LogP contribution in [0.15, 0.2) is 57.8 Å². The van der Waals surface area contributed by atoms with Crippen LogP contribution in [0.4, 0.5) is 5.82 Å². The van der Waals surface area contributed by atoms with Crippen LogP contribution in [0.5, 0.6) is 5.75 Å². The molecule has 0 unspecified atom stereocenters. The van der Waals surface area contributed by atoms with Crippen LogP contribution >= 0.6 is 0 Å². The van der Waals surface area contributed by atoms with Gasteiger partial charge in [-0.3, -0.25) is 13.9 Å². The van der Waals surface area contributed by atoms with E-state index in [1.54, 1.807) is 14.0 Å². The second-order valence-corrected chi connectivity index (χ2v) is 7.72. The van der Waals surface area contributed by atoms with E-state index in [1.807, 2.05) is 24.3 Å². The van der Waals surface area contributed by atoms with Crippen molar-refractivity contribution < 1.29 is 14.3 Å². The monoisotopic (exact) mass is 439 g/mol. The van der Waals surface area contributed by atoms with Gasteiger partial charge in [0.05, 0.1) is 23.7 Å². The summed E-state index contributed by atoms with van der Waals surface area (Å²) >= 11 is 0. The minimum absolute atomic E-state index is 0.0463. The fourth-order valence-electron chi connectivity index (χ4n) is 3.79. The number of carbonyl (C=O) groups excluding carboxylic acids is 1. The minimum Gasteiger partial charge on any atom is -0.494 e. The average Bonchev–Trinajstić information content (AvgIpc) is 2.79. The summed E-state index contributed by atoms with van der Waals surface area (Å²) in [6.07, 6.45) is 3.47. The molecule has 170 valence electrons. The van der Waals surface area contributed by atoms with Gasteiger partial charge in [0, 0.05) is 19.8 Å². The summed E-state index contributed by atoms with van der Waals surface area (Å²) in [7, 11) is 3.01. The SMILES string of the molecule is C=CCOC(=O)C1=C(C)Nc2c(c(=O)n(C)c(=O)n2C)[C@@H]1c1ccc(OCCCC)cc1. The van der Waals surface area contributed by atoms with E-state index in [9.17, 15) is 14.4 Å². The fraction of sp³-hybridized carbons (Fsp3) is 0.375. The molecular weight excluding hydrogens is 410 g/mol. The molecule has 0 saturated heterocycles. The smallest absolute Gasteiger partial charge is 0.337 e. The summed E-state index contributed by atoms with van der Waals surface area (Å²) in [6.45, 7) is 8.07. The molecule has 0 aliphatic carbocycles. The molecule has 1 aliphatic rings. The van der Waals surface area contributed by atoms with E-state index >= 15 is 0 Å². The van der Waals surface area contributed by atoms with Crippen LogP contribution in [0.3, 0.4) is 0 Å². The van der Waals surface area contributed by atoms with E-state index in [1.165, 1.54) is 17.7 Å². The molecule has 2 aromatic rings. The third-order valence-corrected chi connectivity index (χ3v) is 5.52. The topological polar surface area (TPSA) is 91.6 Å². The Kier molecular flexibility index (Phi) is 7.02. The van der Waals surface area contributed by atoms with E-state index in [-0.39, 0.29) is 6.61 Å². The van der Waals surface area contributed by atoms with Gasteiger partial charge >= 0.3 is 11.7 Å². The van der Waals surface area contributed by atoms with Crippen LogP contribution < -0.4 is 21.3 Å². The number of aromatic nitrogens is 2. The van der Waals surface area contributed by atoms with Gasteiger partial charge < -0.3 is 14.8 Å². The first kappa shape index (κ1) is 23.1. The highest BCUT2D eigenvalue weighted by Gasteiger charge is 2.37. The number of allylic oxidation sites excluding steroid dienone is 1. The standard InChI is InChI=1S/C24H29N3O5/c1-6-8-14-31-17-11-9-16(10-12-17)19-18(23(29)32-13-7-2)15(3)25-21-20(19)22(28)27(5)24(30)26(21)4/h7,9-12,19,25H,2,6,8,13-14H2,1,3-5H3/t19-/m1/s1. The molecule has 1 aromatic carbocycles. The lowest BCUT2D eigenvalue weighted by Crippen LogP contribution is -2.43. The molecule has 0 bridgehead atoms. The van der Waals surface area contributed by atoms with Gasteiger partial charge in [-0.1, -0.05) is 38.1 Å². The Morgan fingerprint density at radius 1 is 1.19 bits per heavy atom. The Balaban J connectivity index is 2.17. The lowest BCUT2D eigenvalue weighted by Gasteiger charge is -2.30. The number of esters is 1. The third-order valence-electron chi connectivity index (χ3n) is 5.52. The normalized spacial score (nSPS) is 15.1. The first-order chi connectivity index (χ1) is 15.3. The predicted octanol–water partition coefficient (Wildman–Crippen LogP) is 2.82. The third kappa shape index (κ3) is 4.26. The van der Waals surface area contributed by atoms with Crippen molar-refractivity contribution in [3.05, 3.63) is 80.2 Å². The Morgan fingerprint density at radius 3 is 2.50 bits per heavy atom. The van der Waals surface area contributed by atoms with Crippen molar-refractivity contribution >= 4 is 11.8 Å². The molecule has 0 amide bonds. The van der Waals surface area contributed by atoms with Crippen molar-refractivity contribution in [2.75, 3.05) is 18.5 Å². The van der Waals surface area contributed by atoms with E-state index in [2.05, 4.69) is 18.8 Å². The Morgan fingerprint density at radius 2 is 1.88 bits per heavy atom. The maximum Gasteiger partial charge on any atom is 0.337 e. The van der Waals surface area contributed by atoms with Gasteiger partial charge in [0.1, 0.15) is 18.2 Å². The molecule has 8 heteroatoms. The molecule has 0 radical (unpaired) electrons. The van der Waals surface area contributed by atoms with Crippen LogP contribution in [0.2, 0.25) is 0 Å². The number of nitrogens with one attached hydrogen (secondary N) is 1. The zero-order valence-corrected chi connectivity index (χ0v) is 18.9. The number of hydrogen-bond donors (Lipinski definition) is 1. The van der Waals surface area contributed by atoms with Crippen molar-refractivity contribution in [1.82, 2.24) is 9.13 Å². The molecule has 1 aliphatic heterocycles. The molecule has 1 aromatic heterocycles. The number of benzene rings is 1. The average molecular weight is 440 g/mol. The maximum atomic E-state index is 13.2. The quantitative estimate of drug-likeness (QED) is 0.386. The summed E-state index contributed by atoms with van der Waals surface area (Å²) in [5.74, 6) is -0.186. The lowest BCUT2D eigenvalue weighted by molar-refractivity contribution is -0.138. The van der Waals surface area contributed by atoms with Crippen molar-refractivity contribution in [3.8, 4) is 5.75 Å². The van der Waals surface area contributed by atoms with E-state index < -0.39 is 23.1 Å². The van der Waals surface area contributed by atoms with Crippen LogP contribution in [0, 0.1) is 0 Å². The van der Waals surface area contributed by atoms with Crippen molar-refractivity contribution in [2.24, 2.45) is 14.1 Å². The number of anilines is 1. The largest absolute Gasteiger partial charge is 0.494 e. The molecule has 0 fully saturated rings.